The Labute approximate surface area is 120 Å². The molecule has 0 unspecified atom stereocenters. The summed E-state index contributed by atoms with van der Waals surface area (Å²) in [4.78, 5) is 23.1. The van der Waals surface area contributed by atoms with Crippen LogP contribution < -0.4 is 10.4 Å². The highest BCUT2D eigenvalue weighted by Gasteiger charge is 2.07. The molecule has 1 aromatic heterocycles. The van der Waals surface area contributed by atoms with Gasteiger partial charge >= 0.3 is 11.6 Å². The summed E-state index contributed by atoms with van der Waals surface area (Å²) in [6.07, 6.45) is 0.192. The van der Waals surface area contributed by atoms with Gasteiger partial charge in [-0.15, -0.1) is 0 Å². The predicted molar refractivity (Wildman–Crippen MR) is 78.3 cm³/mol. The molecule has 4 nitrogen and oxygen atoms in total. The Morgan fingerprint density at radius 2 is 1.76 bits per heavy atom. The first-order valence-corrected chi connectivity index (χ1v) is 6.49. The van der Waals surface area contributed by atoms with Crippen molar-refractivity contribution in [3.8, 4) is 5.75 Å². The van der Waals surface area contributed by atoms with Crippen LogP contribution in [-0.4, -0.2) is 5.97 Å². The second kappa shape index (κ2) is 5.63. The van der Waals surface area contributed by atoms with Gasteiger partial charge in [0.25, 0.3) is 0 Å². The van der Waals surface area contributed by atoms with Crippen LogP contribution in [0, 0.1) is 0 Å². The fourth-order valence-corrected chi connectivity index (χ4v) is 2.03. The molecule has 0 saturated carbocycles. The fourth-order valence-electron chi connectivity index (χ4n) is 2.03. The smallest absolute Gasteiger partial charge is 0.336 e. The first-order valence-electron chi connectivity index (χ1n) is 6.49. The molecule has 0 amide bonds. The van der Waals surface area contributed by atoms with Gasteiger partial charge in [0, 0.05) is 17.5 Å². The Morgan fingerprint density at radius 1 is 1.00 bits per heavy atom. The number of carbonyl (C=O) groups is 1. The molecule has 0 aliphatic carbocycles. The second-order valence-corrected chi connectivity index (χ2v) is 4.59. The lowest BCUT2D eigenvalue weighted by Crippen LogP contribution is -2.11. The molecule has 0 aliphatic rings. The van der Waals surface area contributed by atoms with Crippen molar-refractivity contribution in [1.29, 1.82) is 0 Å². The van der Waals surface area contributed by atoms with E-state index in [1.807, 2.05) is 30.3 Å². The molecule has 0 N–H and O–H groups in total. The van der Waals surface area contributed by atoms with Crippen LogP contribution in [0.15, 0.2) is 69.9 Å². The Bertz CT molecular complexity index is 834. The molecule has 2 aromatic carbocycles. The zero-order valence-electron chi connectivity index (χ0n) is 11.1. The standard InChI is InChI=1S/C17H12O4/c18-16-9-7-13-6-8-14(11-15(13)21-16)20-17(19)10-12-4-2-1-3-5-12/h1-9,11H,10H2. The minimum absolute atomic E-state index is 0.192. The van der Waals surface area contributed by atoms with Crippen molar-refractivity contribution in [2.24, 2.45) is 0 Å². The Kier molecular flexibility index (Phi) is 3.51. The third-order valence-corrected chi connectivity index (χ3v) is 3.02. The first-order chi connectivity index (χ1) is 10.2. The summed E-state index contributed by atoms with van der Waals surface area (Å²) in [5.74, 6) is -0.00314. The quantitative estimate of drug-likeness (QED) is 0.420. The number of carbonyl (C=O) groups excluding carboxylic acids is 1. The molecule has 4 heteroatoms. The van der Waals surface area contributed by atoms with E-state index in [-0.39, 0.29) is 12.4 Å². The molecule has 0 aliphatic heterocycles. The maximum atomic E-state index is 11.9. The molecule has 0 spiro atoms. The Morgan fingerprint density at radius 3 is 2.57 bits per heavy atom. The second-order valence-electron chi connectivity index (χ2n) is 4.59. The molecule has 0 saturated heterocycles. The summed E-state index contributed by atoms with van der Waals surface area (Å²) in [7, 11) is 0. The van der Waals surface area contributed by atoms with Crippen LogP contribution in [0.5, 0.6) is 5.75 Å². The summed E-state index contributed by atoms with van der Waals surface area (Å²) < 4.78 is 10.3. The molecular weight excluding hydrogens is 268 g/mol. The monoisotopic (exact) mass is 280 g/mol. The molecule has 21 heavy (non-hydrogen) atoms. The number of ether oxygens (including phenoxy) is 1. The van der Waals surface area contributed by atoms with Crippen molar-refractivity contribution < 1.29 is 13.9 Å². The average molecular weight is 280 g/mol. The van der Waals surface area contributed by atoms with E-state index in [1.165, 1.54) is 6.07 Å². The molecule has 1 heterocycles. The van der Waals surface area contributed by atoms with E-state index in [2.05, 4.69) is 0 Å². The maximum absolute atomic E-state index is 11.9. The van der Waals surface area contributed by atoms with Gasteiger partial charge in [-0.2, -0.15) is 0 Å². The van der Waals surface area contributed by atoms with E-state index in [4.69, 9.17) is 9.15 Å². The minimum atomic E-state index is -0.435. The van der Waals surface area contributed by atoms with Gasteiger partial charge < -0.3 is 9.15 Å². The van der Waals surface area contributed by atoms with Gasteiger partial charge in [-0.25, -0.2) is 4.79 Å². The highest BCUT2D eigenvalue weighted by atomic mass is 16.5. The van der Waals surface area contributed by atoms with E-state index in [0.29, 0.717) is 11.3 Å². The predicted octanol–water partition coefficient (Wildman–Crippen LogP) is 2.94. The van der Waals surface area contributed by atoms with Crippen molar-refractivity contribution in [2.45, 2.75) is 6.42 Å². The normalized spacial score (nSPS) is 10.5. The van der Waals surface area contributed by atoms with Gasteiger partial charge in [-0.05, 0) is 23.8 Å². The fraction of sp³-hybridized carbons (Fsp3) is 0.0588. The highest BCUT2D eigenvalue weighted by Crippen LogP contribution is 2.19. The van der Waals surface area contributed by atoms with Crippen LogP contribution in [0.1, 0.15) is 5.56 Å². The number of fused-ring (bicyclic) bond motifs is 1. The zero-order chi connectivity index (χ0) is 14.7. The van der Waals surface area contributed by atoms with E-state index >= 15 is 0 Å². The van der Waals surface area contributed by atoms with Gasteiger partial charge in [0.05, 0.1) is 6.42 Å². The SMILES string of the molecule is O=C(Cc1ccccc1)Oc1ccc2ccc(=O)oc2c1. The lowest BCUT2D eigenvalue weighted by atomic mass is 10.1. The number of hydrogen-bond acceptors (Lipinski definition) is 4. The van der Waals surface area contributed by atoms with E-state index in [1.54, 1.807) is 24.3 Å². The van der Waals surface area contributed by atoms with Crippen LogP contribution >= 0.6 is 0 Å². The molecule has 0 radical (unpaired) electrons. The molecule has 104 valence electrons. The summed E-state index contributed by atoms with van der Waals surface area (Å²) in [6.45, 7) is 0. The Balaban J connectivity index is 1.78. The van der Waals surface area contributed by atoms with Crippen molar-refractivity contribution in [3.63, 3.8) is 0 Å². The highest BCUT2D eigenvalue weighted by molar-refractivity contribution is 5.80. The van der Waals surface area contributed by atoms with Gasteiger partial charge in [-0.1, -0.05) is 30.3 Å². The van der Waals surface area contributed by atoms with Crippen molar-refractivity contribution in [2.75, 3.05) is 0 Å². The molecule has 0 bridgehead atoms. The summed E-state index contributed by atoms with van der Waals surface area (Å²) in [5, 5.41) is 0.775. The average Bonchev–Trinajstić information content (AvgIpc) is 2.47. The molecule has 0 atom stereocenters. The van der Waals surface area contributed by atoms with Crippen LogP contribution in [0.3, 0.4) is 0 Å². The third-order valence-electron chi connectivity index (χ3n) is 3.02. The Hall–Kier alpha value is -2.88. The van der Waals surface area contributed by atoms with Gasteiger partial charge in [0.1, 0.15) is 11.3 Å². The number of esters is 1. The maximum Gasteiger partial charge on any atom is 0.336 e. The largest absolute Gasteiger partial charge is 0.426 e. The van der Waals surface area contributed by atoms with E-state index in [9.17, 15) is 9.59 Å². The van der Waals surface area contributed by atoms with Gasteiger partial charge in [0.2, 0.25) is 0 Å². The van der Waals surface area contributed by atoms with Crippen LogP contribution in [-0.2, 0) is 11.2 Å². The van der Waals surface area contributed by atoms with Gasteiger partial charge in [0.15, 0.2) is 0 Å². The molecule has 3 aromatic rings. The zero-order valence-corrected chi connectivity index (χ0v) is 11.1. The van der Waals surface area contributed by atoms with E-state index < -0.39 is 5.63 Å². The summed E-state index contributed by atoms with van der Waals surface area (Å²) in [6, 6.07) is 17.3. The lowest BCUT2D eigenvalue weighted by molar-refractivity contribution is -0.133. The van der Waals surface area contributed by atoms with Crippen LogP contribution in [0.4, 0.5) is 0 Å². The van der Waals surface area contributed by atoms with Gasteiger partial charge in [-0.3, -0.25) is 4.79 Å². The minimum Gasteiger partial charge on any atom is -0.426 e. The van der Waals surface area contributed by atoms with E-state index in [0.717, 1.165) is 10.9 Å². The number of rotatable bonds is 3. The third kappa shape index (κ3) is 3.17. The number of hydrogen-bond donors (Lipinski definition) is 0. The molecule has 0 fully saturated rings. The molecule has 3 rings (SSSR count). The van der Waals surface area contributed by atoms with Crippen molar-refractivity contribution >= 4 is 16.9 Å². The lowest BCUT2D eigenvalue weighted by Gasteiger charge is -2.05. The van der Waals surface area contributed by atoms with Crippen LogP contribution in [0.25, 0.3) is 11.0 Å². The summed E-state index contributed by atoms with van der Waals surface area (Å²) >= 11 is 0. The number of benzene rings is 2. The topological polar surface area (TPSA) is 56.5 Å². The van der Waals surface area contributed by atoms with Crippen molar-refractivity contribution in [3.05, 3.63) is 76.6 Å². The summed E-state index contributed by atoms with van der Waals surface area (Å²) in [5.41, 5.74) is 0.845. The van der Waals surface area contributed by atoms with Crippen molar-refractivity contribution in [1.82, 2.24) is 0 Å². The molecular formula is C17H12O4. The van der Waals surface area contributed by atoms with Crippen LogP contribution in [0.2, 0.25) is 0 Å². The first kappa shape index (κ1) is 13.1.